The van der Waals surface area contributed by atoms with Crippen molar-refractivity contribution < 1.29 is 14.7 Å². The number of carbonyl (C=O) groups excluding carboxylic acids is 2. The number of ketones is 1. The molecule has 88 valence electrons. The average Bonchev–Trinajstić information content (AvgIpc) is 2.66. The van der Waals surface area contributed by atoms with Gasteiger partial charge in [0.05, 0.1) is 6.61 Å². The molecular weight excluding hydrogens is 240 g/mol. The number of Topliss-reactive ketones (excluding diaryl/α,β-unsaturated/α-hetero) is 1. The Labute approximate surface area is 104 Å². The van der Waals surface area contributed by atoms with Gasteiger partial charge in [-0.3, -0.25) is 9.59 Å². The fourth-order valence-electron chi connectivity index (χ4n) is 2.06. The number of aldehydes is 1. The third kappa shape index (κ3) is 2.16. The van der Waals surface area contributed by atoms with Crippen molar-refractivity contribution in [1.82, 2.24) is 0 Å². The van der Waals surface area contributed by atoms with Gasteiger partial charge in [0.1, 0.15) is 6.29 Å². The van der Waals surface area contributed by atoms with E-state index in [-0.39, 0.29) is 24.7 Å². The predicted molar refractivity (Wildman–Crippen MR) is 64.6 cm³/mol. The molecule has 0 saturated heterocycles. The Kier molecular flexibility index (Phi) is 3.41. The molecule has 1 aliphatic rings. The highest BCUT2D eigenvalue weighted by Crippen LogP contribution is 2.34. The van der Waals surface area contributed by atoms with Crippen molar-refractivity contribution in [3.63, 3.8) is 0 Å². The van der Waals surface area contributed by atoms with E-state index in [1.54, 1.807) is 24.3 Å². The van der Waals surface area contributed by atoms with Crippen molar-refractivity contribution in [2.75, 3.05) is 6.61 Å². The maximum atomic E-state index is 11.8. The molecule has 3 nitrogen and oxygen atoms in total. The average molecular weight is 251 g/mol. The van der Waals surface area contributed by atoms with Crippen LogP contribution in [0.3, 0.4) is 0 Å². The maximum absolute atomic E-state index is 11.8. The molecule has 2 rings (SSSR count). The van der Waals surface area contributed by atoms with E-state index in [0.29, 0.717) is 28.0 Å². The second-order valence-corrected chi connectivity index (χ2v) is 4.40. The largest absolute Gasteiger partial charge is 0.396 e. The monoisotopic (exact) mass is 250 g/mol. The Morgan fingerprint density at radius 1 is 1.35 bits per heavy atom. The smallest absolute Gasteiger partial charge is 0.164 e. The van der Waals surface area contributed by atoms with Crippen LogP contribution in [0.1, 0.15) is 12.0 Å². The maximum Gasteiger partial charge on any atom is 0.164 e. The zero-order valence-corrected chi connectivity index (χ0v) is 9.78. The van der Waals surface area contributed by atoms with Crippen molar-refractivity contribution in [2.24, 2.45) is 5.92 Å². The van der Waals surface area contributed by atoms with E-state index in [4.69, 9.17) is 16.7 Å². The minimum absolute atomic E-state index is 0.103. The lowest BCUT2D eigenvalue weighted by atomic mass is 10.00. The summed E-state index contributed by atoms with van der Waals surface area (Å²) in [6.07, 6.45) is 0.859. The number of aliphatic hydroxyl groups excluding tert-OH is 1. The van der Waals surface area contributed by atoms with Gasteiger partial charge in [-0.2, -0.15) is 0 Å². The lowest BCUT2D eigenvalue weighted by molar-refractivity contribution is -0.113. The van der Waals surface area contributed by atoms with E-state index in [2.05, 4.69) is 0 Å². The third-order valence-corrected chi connectivity index (χ3v) is 3.17. The Morgan fingerprint density at radius 2 is 2.00 bits per heavy atom. The number of hydrogen-bond acceptors (Lipinski definition) is 3. The van der Waals surface area contributed by atoms with Crippen LogP contribution in [0.25, 0.3) is 5.57 Å². The summed E-state index contributed by atoms with van der Waals surface area (Å²) in [6, 6.07) is 6.76. The molecule has 0 bridgehead atoms. The fraction of sp³-hybridized carbons (Fsp3) is 0.231. The first-order chi connectivity index (χ1) is 8.17. The van der Waals surface area contributed by atoms with E-state index in [1.807, 2.05) is 0 Å². The summed E-state index contributed by atoms with van der Waals surface area (Å²) in [5, 5.41) is 9.70. The first-order valence-corrected chi connectivity index (χ1v) is 5.64. The van der Waals surface area contributed by atoms with Crippen molar-refractivity contribution in [3.8, 4) is 0 Å². The van der Waals surface area contributed by atoms with Crippen molar-refractivity contribution >= 4 is 29.2 Å². The third-order valence-electron chi connectivity index (χ3n) is 2.92. The number of aliphatic hydroxyl groups is 1. The Hall–Kier alpha value is -1.45. The number of hydrogen-bond donors (Lipinski definition) is 1. The first-order valence-electron chi connectivity index (χ1n) is 5.26. The van der Waals surface area contributed by atoms with Gasteiger partial charge in [0.25, 0.3) is 0 Å². The summed E-state index contributed by atoms with van der Waals surface area (Å²) >= 11 is 5.77. The fourth-order valence-corrected chi connectivity index (χ4v) is 2.19. The minimum atomic E-state index is -0.370. The molecule has 0 radical (unpaired) electrons. The summed E-state index contributed by atoms with van der Waals surface area (Å²) in [5.74, 6) is -0.473. The lowest BCUT2D eigenvalue weighted by Crippen LogP contribution is -2.06. The summed E-state index contributed by atoms with van der Waals surface area (Å²) in [4.78, 5) is 22.9. The standard InChI is InChI=1S/C13H11ClO3/c14-10-3-1-8(2-4-10)13-11(7-16)9(6-15)5-12(13)17/h1-4,7,9,15H,5-6H2/t9-/m1/s1. The molecule has 1 N–H and O–H groups in total. The number of allylic oxidation sites excluding steroid dienone is 1. The van der Waals surface area contributed by atoms with Crippen LogP contribution >= 0.6 is 11.6 Å². The van der Waals surface area contributed by atoms with Crippen LogP contribution in [0.5, 0.6) is 0 Å². The molecule has 4 heteroatoms. The van der Waals surface area contributed by atoms with Crippen molar-refractivity contribution in [2.45, 2.75) is 6.42 Å². The van der Waals surface area contributed by atoms with E-state index >= 15 is 0 Å². The summed E-state index contributed by atoms with van der Waals surface area (Å²) in [6.45, 7) is -0.184. The van der Waals surface area contributed by atoms with Gasteiger partial charge < -0.3 is 5.11 Å². The van der Waals surface area contributed by atoms with Gasteiger partial charge in [-0.05, 0) is 17.7 Å². The SMILES string of the molecule is O=CC1=C(c2ccc(Cl)cc2)C(=O)C[C@@H]1CO. The molecule has 0 spiro atoms. The molecular formula is C13H11ClO3. The van der Waals surface area contributed by atoms with Crippen LogP contribution in [-0.2, 0) is 9.59 Å². The van der Waals surface area contributed by atoms with Gasteiger partial charge in [-0.25, -0.2) is 0 Å². The molecule has 0 heterocycles. The van der Waals surface area contributed by atoms with Crippen LogP contribution in [0, 0.1) is 5.92 Å². The molecule has 1 aromatic rings. The number of benzene rings is 1. The second kappa shape index (κ2) is 4.82. The van der Waals surface area contributed by atoms with Crippen LogP contribution in [0.15, 0.2) is 29.8 Å². The summed E-state index contributed by atoms with van der Waals surface area (Å²) in [7, 11) is 0. The van der Waals surface area contributed by atoms with Crippen molar-refractivity contribution in [3.05, 3.63) is 40.4 Å². The zero-order chi connectivity index (χ0) is 12.4. The molecule has 1 aliphatic carbocycles. The molecule has 1 atom stereocenters. The van der Waals surface area contributed by atoms with Gasteiger partial charge in [-0.15, -0.1) is 0 Å². The van der Waals surface area contributed by atoms with Gasteiger partial charge in [-0.1, -0.05) is 23.7 Å². The zero-order valence-electron chi connectivity index (χ0n) is 9.02. The van der Waals surface area contributed by atoms with Crippen LogP contribution in [0.2, 0.25) is 5.02 Å². The van der Waals surface area contributed by atoms with E-state index in [1.165, 1.54) is 0 Å². The highest BCUT2D eigenvalue weighted by Gasteiger charge is 2.32. The van der Waals surface area contributed by atoms with E-state index in [0.717, 1.165) is 0 Å². The normalized spacial score (nSPS) is 19.9. The highest BCUT2D eigenvalue weighted by molar-refractivity contribution is 6.31. The first kappa shape index (κ1) is 12.0. The van der Waals surface area contributed by atoms with Gasteiger partial charge in [0, 0.05) is 28.5 Å². The van der Waals surface area contributed by atoms with Crippen molar-refractivity contribution in [1.29, 1.82) is 0 Å². The Bertz CT molecular complexity index is 488. The number of rotatable bonds is 3. The van der Waals surface area contributed by atoms with E-state index in [9.17, 15) is 9.59 Å². The Morgan fingerprint density at radius 3 is 2.53 bits per heavy atom. The Balaban J connectivity index is 2.50. The van der Waals surface area contributed by atoms with E-state index < -0.39 is 0 Å². The topological polar surface area (TPSA) is 54.4 Å². The second-order valence-electron chi connectivity index (χ2n) is 3.96. The molecule has 17 heavy (non-hydrogen) atoms. The minimum Gasteiger partial charge on any atom is -0.396 e. The molecule has 0 saturated carbocycles. The number of carbonyl (C=O) groups is 2. The van der Waals surface area contributed by atoms with Crippen LogP contribution in [0.4, 0.5) is 0 Å². The van der Waals surface area contributed by atoms with Gasteiger partial charge in [0.2, 0.25) is 0 Å². The molecule has 0 unspecified atom stereocenters. The van der Waals surface area contributed by atoms with Crippen LogP contribution < -0.4 is 0 Å². The number of halogens is 1. The quantitative estimate of drug-likeness (QED) is 0.834. The summed E-state index contributed by atoms with van der Waals surface area (Å²) < 4.78 is 0. The predicted octanol–water partition coefficient (Wildman–Crippen LogP) is 1.87. The summed E-state index contributed by atoms with van der Waals surface area (Å²) in [5.41, 5.74) is 1.48. The van der Waals surface area contributed by atoms with Gasteiger partial charge in [0.15, 0.2) is 5.78 Å². The molecule has 0 aliphatic heterocycles. The molecule has 0 fully saturated rings. The molecule has 0 amide bonds. The molecule has 1 aromatic carbocycles. The molecule has 0 aromatic heterocycles. The lowest BCUT2D eigenvalue weighted by Gasteiger charge is -2.05. The van der Waals surface area contributed by atoms with Crippen LogP contribution in [-0.4, -0.2) is 23.8 Å². The van der Waals surface area contributed by atoms with Gasteiger partial charge >= 0.3 is 0 Å². The highest BCUT2D eigenvalue weighted by atomic mass is 35.5.